The molecule has 2 N–H and O–H groups in total. The molecule has 7 heteroatoms. The van der Waals surface area contributed by atoms with Gasteiger partial charge in [0.25, 0.3) is 5.91 Å². The molecule has 1 amide bonds. The highest BCUT2D eigenvalue weighted by atomic mass is 32.1. The standard InChI is InChI=1S/C15H20N2O4S/c1-9(7-11(18)12-5-4-6-21-12)16-15(19)14-10(2)17-13(22-14)8-20-3/h4-6,9,11,18H,7-8H2,1-3H3,(H,16,19). The number of ether oxygens (including phenoxy) is 1. The van der Waals surface area contributed by atoms with Crippen LogP contribution >= 0.6 is 11.3 Å². The maximum absolute atomic E-state index is 12.3. The van der Waals surface area contributed by atoms with Crippen molar-refractivity contribution in [2.75, 3.05) is 7.11 Å². The fraction of sp³-hybridized carbons (Fsp3) is 0.467. The Balaban J connectivity index is 1.93. The molecule has 2 atom stereocenters. The van der Waals surface area contributed by atoms with Crippen LogP contribution in [0.25, 0.3) is 0 Å². The normalized spacial score (nSPS) is 13.8. The molecule has 0 spiro atoms. The van der Waals surface area contributed by atoms with Gasteiger partial charge in [0.15, 0.2) is 0 Å². The first-order valence-electron chi connectivity index (χ1n) is 6.98. The van der Waals surface area contributed by atoms with Crippen molar-refractivity contribution in [3.05, 3.63) is 39.7 Å². The number of hydrogen-bond donors (Lipinski definition) is 2. The van der Waals surface area contributed by atoms with Gasteiger partial charge in [0.05, 0.1) is 18.6 Å². The smallest absolute Gasteiger partial charge is 0.263 e. The minimum atomic E-state index is -0.739. The van der Waals surface area contributed by atoms with Crippen LogP contribution in [0.2, 0.25) is 0 Å². The van der Waals surface area contributed by atoms with E-state index < -0.39 is 6.10 Å². The first-order valence-corrected chi connectivity index (χ1v) is 7.80. The lowest BCUT2D eigenvalue weighted by Gasteiger charge is -2.16. The summed E-state index contributed by atoms with van der Waals surface area (Å²) in [6.07, 6.45) is 1.15. The van der Waals surface area contributed by atoms with Gasteiger partial charge >= 0.3 is 0 Å². The molecule has 0 bridgehead atoms. The number of carbonyl (C=O) groups is 1. The van der Waals surface area contributed by atoms with Crippen LogP contribution in [0.4, 0.5) is 0 Å². The highest BCUT2D eigenvalue weighted by molar-refractivity contribution is 7.13. The van der Waals surface area contributed by atoms with E-state index in [1.807, 2.05) is 6.92 Å². The van der Waals surface area contributed by atoms with Crippen LogP contribution in [0.15, 0.2) is 22.8 Å². The van der Waals surface area contributed by atoms with Crippen molar-refractivity contribution < 1.29 is 19.1 Å². The van der Waals surface area contributed by atoms with Gasteiger partial charge in [0.1, 0.15) is 21.7 Å². The van der Waals surface area contributed by atoms with E-state index in [9.17, 15) is 9.90 Å². The van der Waals surface area contributed by atoms with Crippen molar-refractivity contribution in [2.24, 2.45) is 0 Å². The van der Waals surface area contributed by atoms with E-state index in [1.54, 1.807) is 26.2 Å². The van der Waals surface area contributed by atoms with Gasteiger partial charge in [0.2, 0.25) is 0 Å². The molecule has 0 aromatic carbocycles. The molecule has 0 aliphatic carbocycles. The van der Waals surface area contributed by atoms with Gasteiger partial charge < -0.3 is 19.6 Å². The van der Waals surface area contributed by atoms with Crippen LogP contribution in [0.3, 0.4) is 0 Å². The minimum Gasteiger partial charge on any atom is -0.467 e. The van der Waals surface area contributed by atoms with Crippen molar-refractivity contribution in [3.8, 4) is 0 Å². The Labute approximate surface area is 133 Å². The highest BCUT2D eigenvalue weighted by Gasteiger charge is 2.20. The van der Waals surface area contributed by atoms with Gasteiger partial charge in [-0.25, -0.2) is 4.98 Å². The second-order valence-electron chi connectivity index (χ2n) is 5.10. The molecule has 0 saturated heterocycles. The third-order valence-corrected chi connectivity index (χ3v) is 4.27. The zero-order valence-electron chi connectivity index (χ0n) is 12.8. The van der Waals surface area contributed by atoms with E-state index in [-0.39, 0.29) is 11.9 Å². The summed E-state index contributed by atoms with van der Waals surface area (Å²) in [7, 11) is 1.59. The zero-order valence-corrected chi connectivity index (χ0v) is 13.6. The number of carbonyl (C=O) groups excluding carboxylic acids is 1. The molecule has 120 valence electrons. The second-order valence-corrected chi connectivity index (χ2v) is 6.18. The number of aliphatic hydroxyl groups is 1. The number of thiazole rings is 1. The molecule has 0 aliphatic heterocycles. The average Bonchev–Trinajstić information content (AvgIpc) is 3.08. The van der Waals surface area contributed by atoms with E-state index in [2.05, 4.69) is 10.3 Å². The molecule has 0 radical (unpaired) electrons. The monoisotopic (exact) mass is 324 g/mol. The zero-order chi connectivity index (χ0) is 16.1. The number of hydrogen-bond acceptors (Lipinski definition) is 6. The molecule has 0 saturated carbocycles. The SMILES string of the molecule is COCc1nc(C)c(C(=O)NC(C)CC(O)c2ccco2)s1. The Morgan fingerprint density at radius 2 is 2.36 bits per heavy atom. The topological polar surface area (TPSA) is 84.6 Å². The Morgan fingerprint density at radius 1 is 1.59 bits per heavy atom. The van der Waals surface area contributed by atoms with Gasteiger partial charge in [-0.2, -0.15) is 0 Å². The molecular formula is C15H20N2O4S. The first kappa shape index (κ1) is 16.7. The van der Waals surface area contributed by atoms with Gasteiger partial charge in [-0.1, -0.05) is 0 Å². The Hall–Kier alpha value is -1.70. The summed E-state index contributed by atoms with van der Waals surface area (Å²) in [4.78, 5) is 17.1. The van der Waals surface area contributed by atoms with Crippen LogP contribution < -0.4 is 5.32 Å². The van der Waals surface area contributed by atoms with Crippen LogP contribution in [0.1, 0.15) is 45.6 Å². The number of aromatic nitrogens is 1. The number of amides is 1. The maximum atomic E-state index is 12.3. The number of rotatable bonds is 7. The molecule has 0 aliphatic rings. The molecule has 0 fully saturated rings. The van der Waals surface area contributed by atoms with Crippen LogP contribution in [0.5, 0.6) is 0 Å². The third kappa shape index (κ3) is 4.16. The Bertz CT molecular complexity index is 609. The summed E-state index contributed by atoms with van der Waals surface area (Å²) in [5.41, 5.74) is 0.688. The quantitative estimate of drug-likeness (QED) is 0.817. The predicted octanol–water partition coefficient (Wildman–Crippen LogP) is 2.43. The predicted molar refractivity (Wildman–Crippen MR) is 82.8 cm³/mol. The number of aliphatic hydroxyl groups excluding tert-OH is 1. The summed E-state index contributed by atoms with van der Waals surface area (Å²) in [6.45, 7) is 4.04. The van der Waals surface area contributed by atoms with Gasteiger partial charge in [-0.05, 0) is 26.0 Å². The molecule has 6 nitrogen and oxygen atoms in total. The molecule has 2 aromatic heterocycles. The molecule has 22 heavy (non-hydrogen) atoms. The Morgan fingerprint density at radius 3 is 3.00 bits per heavy atom. The summed E-state index contributed by atoms with van der Waals surface area (Å²) >= 11 is 1.32. The van der Waals surface area contributed by atoms with Crippen molar-refractivity contribution in [2.45, 2.75) is 39.0 Å². The van der Waals surface area contributed by atoms with E-state index in [0.29, 0.717) is 29.4 Å². The number of aryl methyl sites for hydroxylation is 1. The lowest BCUT2D eigenvalue weighted by molar-refractivity contribution is 0.0906. The molecule has 2 aromatic rings. The van der Waals surface area contributed by atoms with Gasteiger partial charge in [0, 0.05) is 19.6 Å². The van der Waals surface area contributed by atoms with E-state index >= 15 is 0 Å². The van der Waals surface area contributed by atoms with Crippen molar-refractivity contribution >= 4 is 17.2 Å². The molecule has 2 rings (SSSR count). The highest BCUT2D eigenvalue weighted by Crippen LogP contribution is 2.21. The van der Waals surface area contributed by atoms with Crippen LogP contribution in [0, 0.1) is 6.92 Å². The summed E-state index contributed by atoms with van der Waals surface area (Å²) < 4.78 is 10.2. The van der Waals surface area contributed by atoms with E-state index in [1.165, 1.54) is 17.6 Å². The van der Waals surface area contributed by atoms with Crippen molar-refractivity contribution in [3.63, 3.8) is 0 Å². The molecule has 2 heterocycles. The lowest BCUT2D eigenvalue weighted by Crippen LogP contribution is -2.33. The van der Waals surface area contributed by atoms with Crippen LogP contribution in [-0.2, 0) is 11.3 Å². The second kappa shape index (κ2) is 7.53. The third-order valence-electron chi connectivity index (χ3n) is 3.14. The lowest BCUT2D eigenvalue weighted by atomic mass is 10.1. The number of nitrogens with one attached hydrogen (secondary N) is 1. The molecular weight excluding hydrogens is 304 g/mol. The van der Waals surface area contributed by atoms with Crippen LogP contribution in [-0.4, -0.2) is 29.1 Å². The fourth-order valence-corrected chi connectivity index (χ4v) is 3.07. The molecule has 2 unspecified atom stereocenters. The first-order chi connectivity index (χ1) is 10.5. The summed E-state index contributed by atoms with van der Waals surface area (Å²) in [5.74, 6) is 0.314. The number of nitrogens with zero attached hydrogens (tertiary/aromatic N) is 1. The maximum Gasteiger partial charge on any atom is 0.263 e. The van der Waals surface area contributed by atoms with Crippen molar-refractivity contribution in [1.29, 1.82) is 0 Å². The summed E-state index contributed by atoms with van der Waals surface area (Å²) in [5, 5.41) is 13.7. The van der Waals surface area contributed by atoms with E-state index in [0.717, 1.165) is 5.01 Å². The van der Waals surface area contributed by atoms with Crippen molar-refractivity contribution in [1.82, 2.24) is 10.3 Å². The summed E-state index contributed by atoms with van der Waals surface area (Å²) in [6, 6.07) is 3.24. The Kier molecular flexibility index (Phi) is 5.70. The van der Waals surface area contributed by atoms with Gasteiger partial charge in [-0.3, -0.25) is 4.79 Å². The average molecular weight is 324 g/mol. The number of methoxy groups -OCH3 is 1. The van der Waals surface area contributed by atoms with E-state index in [4.69, 9.17) is 9.15 Å². The number of furan rings is 1. The fourth-order valence-electron chi connectivity index (χ4n) is 2.13. The largest absolute Gasteiger partial charge is 0.467 e. The minimum absolute atomic E-state index is 0.184. The van der Waals surface area contributed by atoms with Gasteiger partial charge in [-0.15, -0.1) is 11.3 Å².